The molecule has 0 aliphatic carbocycles. The van der Waals surface area contributed by atoms with Crippen LogP contribution in [-0.2, 0) is 0 Å². The van der Waals surface area contributed by atoms with E-state index in [1.165, 1.54) is 11.3 Å². The third-order valence-corrected chi connectivity index (χ3v) is 6.73. The Morgan fingerprint density at radius 2 is 1.89 bits per heavy atom. The van der Waals surface area contributed by atoms with Crippen LogP contribution in [0.1, 0.15) is 47.6 Å². The summed E-state index contributed by atoms with van der Waals surface area (Å²) in [5.41, 5.74) is 0.456. The molecule has 0 radical (unpaired) electrons. The minimum absolute atomic E-state index is 0.152. The molecule has 0 bridgehead atoms. The summed E-state index contributed by atoms with van der Waals surface area (Å²) in [4.78, 5) is 32.0. The number of aryl methyl sites for hydroxylation is 2. The van der Waals surface area contributed by atoms with Gasteiger partial charge in [0.25, 0.3) is 5.56 Å². The number of thioether (sulfide) groups is 1. The number of Topliss-reactive ketones (excluding diaryl/α,β-unsaturated/α-hetero) is 1. The smallest absolute Gasteiger partial charge is 0.263 e. The molecule has 0 N–H and O–H groups in total. The highest BCUT2D eigenvalue weighted by molar-refractivity contribution is 8.00. The average Bonchev–Trinajstić information content (AvgIpc) is 2.90. The Hall–Kier alpha value is -2.06. The van der Waals surface area contributed by atoms with Gasteiger partial charge in [0.2, 0.25) is 0 Å². The van der Waals surface area contributed by atoms with Gasteiger partial charge in [-0.25, -0.2) is 13.8 Å². The first-order chi connectivity index (χ1) is 13.1. The SMILES string of the molecule is Cc1sc2nc(SC(C)C(=O)c3cc(F)ccc3F)n(C(C)C)c(=O)c2c1C. The van der Waals surface area contributed by atoms with Crippen LogP contribution in [0.5, 0.6) is 0 Å². The number of hydrogen-bond acceptors (Lipinski definition) is 5. The van der Waals surface area contributed by atoms with Crippen molar-refractivity contribution in [3.63, 3.8) is 0 Å². The Kier molecular flexibility index (Phi) is 5.72. The molecule has 0 amide bonds. The van der Waals surface area contributed by atoms with Crippen LogP contribution in [0.2, 0.25) is 0 Å². The minimum atomic E-state index is -0.770. The molecule has 0 spiro atoms. The van der Waals surface area contributed by atoms with Gasteiger partial charge in [-0.05, 0) is 58.4 Å². The number of halogens is 2. The van der Waals surface area contributed by atoms with Crippen molar-refractivity contribution < 1.29 is 13.6 Å². The fourth-order valence-electron chi connectivity index (χ4n) is 2.94. The van der Waals surface area contributed by atoms with Crippen LogP contribution in [0, 0.1) is 25.5 Å². The zero-order valence-corrected chi connectivity index (χ0v) is 17.8. The fourth-order valence-corrected chi connectivity index (χ4v) is 5.12. The topological polar surface area (TPSA) is 52.0 Å². The first-order valence-corrected chi connectivity index (χ1v) is 10.5. The normalized spacial score (nSPS) is 12.7. The molecule has 1 unspecified atom stereocenters. The van der Waals surface area contributed by atoms with Crippen molar-refractivity contribution in [2.75, 3.05) is 0 Å². The van der Waals surface area contributed by atoms with Gasteiger partial charge in [-0.1, -0.05) is 11.8 Å². The lowest BCUT2D eigenvalue weighted by Crippen LogP contribution is -2.26. The molecule has 0 aliphatic heterocycles. The summed E-state index contributed by atoms with van der Waals surface area (Å²) in [7, 11) is 0. The summed E-state index contributed by atoms with van der Waals surface area (Å²) in [5, 5.41) is 0.245. The second kappa shape index (κ2) is 7.75. The van der Waals surface area contributed by atoms with Crippen molar-refractivity contribution in [1.29, 1.82) is 0 Å². The van der Waals surface area contributed by atoms with Crippen molar-refractivity contribution in [1.82, 2.24) is 9.55 Å². The van der Waals surface area contributed by atoms with Gasteiger partial charge < -0.3 is 0 Å². The maximum atomic E-state index is 14.0. The Labute approximate surface area is 169 Å². The summed E-state index contributed by atoms with van der Waals surface area (Å²) in [6.45, 7) is 9.17. The molecular weight excluding hydrogens is 402 g/mol. The van der Waals surface area contributed by atoms with E-state index >= 15 is 0 Å². The molecule has 1 aromatic carbocycles. The molecule has 148 valence electrons. The van der Waals surface area contributed by atoms with Gasteiger partial charge in [-0.2, -0.15) is 0 Å². The number of aromatic nitrogens is 2. The van der Waals surface area contributed by atoms with Gasteiger partial charge in [-0.3, -0.25) is 14.2 Å². The molecule has 0 fully saturated rings. The van der Waals surface area contributed by atoms with Crippen molar-refractivity contribution in [3.05, 3.63) is 56.2 Å². The molecule has 3 aromatic rings. The van der Waals surface area contributed by atoms with Crippen molar-refractivity contribution >= 4 is 39.1 Å². The van der Waals surface area contributed by atoms with Gasteiger partial charge in [-0.15, -0.1) is 11.3 Å². The van der Waals surface area contributed by atoms with E-state index in [0.717, 1.165) is 40.4 Å². The monoisotopic (exact) mass is 422 g/mol. The lowest BCUT2D eigenvalue weighted by molar-refractivity contribution is 0.0989. The third-order valence-electron chi connectivity index (χ3n) is 4.56. The first-order valence-electron chi connectivity index (χ1n) is 8.80. The Morgan fingerprint density at radius 3 is 2.54 bits per heavy atom. The van der Waals surface area contributed by atoms with Gasteiger partial charge in [0.15, 0.2) is 10.9 Å². The van der Waals surface area contributed by atoms with Crippen LogP contribution < -0.4 is 5.56 Å². The van der Waals surface area contributed by atoms with E-state index in [-0.39, 0.29) is 17.2 Å². The number of carbonyl (C=O) groups is 1. The number of benzene rings is 1. The standard InChI is InChI=1S/C20H20F2N2O2S2/c1-9(2)24-19(26)16-10(3)11(4)27-18(16)23-20(24)28-12(5)17(25)14-8-13(21)6-7-15(14)22/h6-9,12H,1-5H3. The number of rotatable bonds is 5. The van der Waals surface area contributed by atoms with E-state index in [9.17, 15) is 18.4 Å². The Bertz CT molecular complexity index is 1140. The minimum Gasteiger partial charge on any atom is -0.293 e. The number of nitrogens with zero attached hydrogens (tertiary/aromatic N) is 2. The predicted octanol–water partition coefficient (Wildman–Crippen LogP) is 5.30. The van der Waals surface area contributed by atoms with Crippen LogP contribution in [0.15, 0.2) is 28.2 Å². The zero-order chi connectivity index (χ0) is 20.7. The lowest BCUT2D eigenvalue weighted by Gasteiger charge is -2.18. The van der Waals surface area contributed by atoms with E-state index in [0.29, 0.717) is 15.4 Å². The molecule has 2 heterocycles. The summed E-state index contributed by atoms with van der Waals surface area (Å²) < 4.78 is 29.0. The van der Waals surface area contributed by atoms with E-state index < -0.39 is 22.7 Å². The zero-order valence-electron chi connectivity index (χ0n) is 16.2. The maximum Gasteiger partial charge on any atom is 0.263 e. The molecule has 1 atom stereocenters. The van der Waals surface area contributed by atoms with Gasteiger partial charge in [0.1, 0.15) is 16.5 Å². The van der Waals surface area contributed by atoms with Gasteiger partial charge in [0, 0.05) is 10.9 Å². The quantitative estimate of drug-likeness (QED) is 0.318. The Balaban J connectivity index is 2.06. The molecule has 28 heavy (non-hydrogen) atoms. The van der Waals surface area contributed by atoms with Crippen molar-refractivity contribution in [3.8, 4) is 0 Å². The van der Waals surface area contributed by atoms with E-state index in [2.05, 4.69) is 4.98 Å². The molecular formula is C20H20F2N2O2S2. The number of ketones is 1. The van der Waals surface area contributed by atoms with Crippen molar-refractivity contribution in [2.45, 2.75) is 51.1 Å². The predicted molar refractivity (Wildman–Crippen MR) is 110 cm³/mol. The highest BCUT2D eigenvalue weighted by Gasteiger charge is 2.25. The number of thiophene rings is 1. The summed E-state index contributed by atoms with van der Waals surface area (Å²) in [5.74, 6) is -2.00. The summed E-state index contributed by atoms with van der Waals surface area (Å²) in [6.07, 6.45) is 0. The number of carbonyl (C=O) groups excluding carboxylic acids is 1. The van der Waals surface area contributed by atoms with E-state index in [1.54, 1.807) is 11.5 Å². The van der Waals surface area contributed by atoms with Crippen LogP contribution >= 0.6 is 23.1 Å². The lowest BCUT2D eigenvalue weighted by atomic mass is 10.1. The van der Waals surface area contributed by atoms with E-state index in [4.69, 9.17) is 0 Å². The first kappa shape index (κ1) is 20.7. The molecule has 0 saturated carbocycles. The highest BCUT2D eigenvalue weighted by atomic mass is 32.2. The maximum absolute atomic E-state index is 14.0. The summed E-state index contributed by atoms with van der Waals surface area (Å²) >= 11 is 2.51. The largest absolute Gasteiger partial charge is 0.293 e. The summed E-state index contributed by atoms with van der Waals surface area (Å²) in [6, 6.07) is 2.63. The van der Waals surface area contributed by atoms with Crippen molar-refractivity contribution in [2.24, 2.45) is 0 Å². The second-order valence-electron chi connectivity index (χ2n) is 6.88. The van der Waals surface area contributed by atoms with Crippen LogP contribution in [0.4, 0.5) is 8.78 Å². The average molecular weight is 423 g/mol. The van der Waals surface area contributed by atoms with Crippen LogP contribution in [0.25, 0.3) is 10.2 Å². The Morgan fingerprint density at radius 1 is 1.21 bits per heavy atom. The van der Waals surface area contributed by atoms with Crippen LogP contribution in [0.3, 0.4) is 0 Å². The third kappa shape index (κ3) is 3.63. The molecule has 3 rings (SSSR count). The molecule has 4 nitrogen and oxygen atoms in total. The fraction of sp³-hybridized carbons (Fsp3) is 0.350. The number of hydrogen-bond donors (Lipinski definition) is 0. The highest BCUT2D eigenvalue weighted by Crippen LogP contribution is 2.31. The molecule has 0 aliphatic rings. The van der Waals surface area contributed by atoms with E-state index in [1.807, 2.05) is 27.7 Å². The molecule has 0 saturated heterocycles. The second-order valence-corrected chi connectivity index (χ2v) is 9.39. The van der Waals surface area contributed by atoms with Gasteiger partial charge >= 0.3 is 0 Å². The van der Waals surface area contributed by atoms with Gasteiger partial charge in [0.05, 0.1) is 16.2 Å². The van der Waals surface area contributed by atoms with Crippen LogP contribution in [-0.4, -0.2) is 20.6 Å². The number of fused-ring (bicyclic) bond motifs is 1. The molecule has 8 heteroatoms. The molecule has 2 aromatic heterocycles.